The maximum Gasteiger partial charge on any atom is 0.122 e. The number of hydrogen-bond acceptors (Lipinski definition) is 2. The summed E-state index contributed by atoms with van der Waals surface area (Å²) >= 11 is 0. The molecule has 0 saturated carbocycles. The molecule has 2 nitrogen and oxygen atoms in total. The van der Waals surface area contributed by atoms with Crippen LogP contribution < -0.4 is 4.74 Å². The summed E-state index contributed by atoms with van der Waals surface area (Å²) in [6, 6.07) is 19.1. The zero-order chi connectivity index (χ0) is 14.7. The Hall–Kier alpha value is -1.80. The van der Waals surface area contributed by atoms with Crippen LogP contribution in [0.15, 0.2) is 54.6 Å². The molecule has 0 aromatic heterocycles. The summed E-state index contributed by atoms with van der Waals surface area (Å²) in [7, 11) is 2.19. The van der Waals surface area contributed by atoms with Crippen LogP contribution in [-0.4, -0.2) is 31.1 Å². The Labute approximate surface area is 127 Å². The molecule has 3 rings (SSSR count). The van der Waals surface area contributed by atoms with Gasteiger partial charge in [0.2, 0.25) is 0 Å². The van der Waals surface area contributed by atoms with E-state index in [1.807, 2.05) is 0 Å². The van der Waals surface area contributed by atoms with Crippen molar-refractivity contribution in [2.75, 3.05) is 20.1 Å². The molecule has 0 bridgehead atoms. The second kappa shape index (κ2) is 6.31. The van der Waals surface area contributed by atoms with Gasteiger partial charge in [0, 0.05) is 19.0 Å². The molecule has 0 amide bonds. The lowest BCUT2D eigenvalue weighted by atomic mass is 9.88. The SMILES string of the molecule is Cc1ccccc1O[C@@H]1CCN(C)C[C@@H]1c1ccccc1. The first-order chi connectivity index (χ1) is 10.2. The number of piperidine rings is 1. The molecule has 2 heteroatoms. The molecule has 0 radical (unpaired) electrons. The molecular weight excluding hydrogens is 258 g/mol. The van der Waals surface area contributed by atoms with E-state index in [1.54, 1.807) is 0 Å². The van der Waals surface area contributed by atoms with Crippen molar-refractivity contribution in [2.45, 2.75) is 25.4 Å². The average molecular weight is 281 g/mol. The van der Waals surface area contributed by atoms with Crippen LogP contribution in [0, 0.1) is 6.92 Å². The molecule has 0 N–H and O–H groups in total. The van der Waals surface area contributed by atoms with E-state index in [0.717, 1.165) is 25.3 Å². The van der Waals surface area contributed by atoms with Crippen molar-refractivity contribution in [3.63, 3.8) is 0 Å². The average Bonchev–Trinajstić information content (AvgIpc) is 2.52. The van der Waals surface area contributed by atoms with Gasteiger partial charge in [0.15, 0.2) is 0 Å². The highest BCUT2D eigenvalue weighted by atomic mass is 16.5. The van der Waals surface area contributed by atoms with Gasteiger partial charge in [-0.1, -0.05) is 48.5 Å². The number of para-hydroxylation sites is 1. The summed E-state index contributed by atoms with van der Waals surface area (Å²) in [5, 5.41) is 0. The molecule has 2 aromatic carbocycles. The minimum absolute atomic E-state index is 0.254. The fraction of sp³-hybridized carbons (Fsp3) is 0.368. The predicted octanol–water partition coefficient (Wildman–Crippen LogP) is 3.86. The summed E-state index contributed by atoms with van der Waals surface area (Å²) in [5.41, 5.74) is 2.59. The predicted molar refractivity (Wildman–Crippen MR) is 86.9 cm³/mol. The second-order valence-corrected chi connectivity index (χ2v) is 5.99. The lowest BCUT2D eigenvalue weighted by Gasteiger charge is -2.37. The number of rotatable bonds is 3. The van der Waals surface area contributed by atoms with Gasteiger partial charge in [-0.2, -0.15) is 0 Å². The first-order valence-electron chi connectivity index (χ1n) is 7.70. The van der Waals surface area contributed by atoms with Gasteiger partial charge in [-0.25, -0.2) is 0 Å². The maximum atomic E-state index is 6.37. The summed E-state index contributed by atoms with van der Waals surface area (Å²) < 4.78 is 6.37. The highest BCUT2D eigenvalue weighted by Gasteiger charge is 2.30. The van der Waals surface area contributed by atoms with Crippen LogP contribution in [0.5, 0.6) is 5.75 Å². The van der Waals surface area contributed by atoms with Crippen molar-refractivity contribution in [1.82, 2.24) is 4.90 Å². The zero-order valence-electron chi connectivity index (χ0n) is 12.8. The van der Waals surface area contributed by atoms with Gasteiger partial charge in [-0.05, 0) is 37.6 Å². The van der Waals surface area contributed by atoms with Gasteiger partial charge in [-0.15, -0.1) is 0 Å². The summed E-state index contributed by atoms with van der Waals surface area (Å²) in [6.07, 6.45) is 1.33. The monoisotopic (exact) mass is 281 g/mol. The van der Waals surface area contributed by atoms with Crippen molar-refractivity contribution in [1.29, 1.82) is 0 Å². The summed E-state index contributed by atoms with van der Waals surface area (Å²) in [4.78, 5) is 2.40. The number of benzene rings is 2. The van der Waals surface area contributed by atoms with E-state index in [0.29, 0.717) is 5.92 Å². The molecule has 1 saturated heterocycles. The van der Waals surface area contributed by atoms with E-state index in [-0.39, 0.29) is 6.10 Å². The van der Waals surface area contributed by atoms with Gasteiger partial charge in [0.1, 0.15) is 11.9 Å². The van der Waals surface area contributed by atoms with E-state index < -0.39 is 0 Å². The summed E-state index contributed by atoms with van der Waals surface area (Å²) in [5.74, 6) is 1.46. The Bertz CT molecular complexity index is 581. The largest absolute Gasteiger partial charge is 0.489 e. The molecule has 0 unspecified atom stereocenters. The van der Waals surface area contributed by atoms with Crippen LogP contribution in [0.25, 0.3) is 0 Å². The molecule has 0 spiro atoms. The molecule has 1 heterocycles. The van der Waals surface area contributed by atoms with E-state index >= 15 is 0 Å². The minimum Gasteiger partial charge on any atom is -0.489 e. The first-order valence-corrected chi connectivity index (χ1v) is 7.70. The van der Waals surface area contributed by atoms with Crippen LogP contribution >= 0.6 is 0 Å². The van der Waals surface area contributed by atoms with Crippen LogP contribution in [0.1, 0.15) is 23.5 Å². The minimum atomic E-state index is 0.254. The maximum absolute atomic E-state index is 6.37. The molecule has 0 aliphatic carbocycles. The van der Waals surface area contributed by atoms with Crippen molar-refractivity contribution in [3.8, 4) is 5.75 Å². The molecule has 1 aliphatic heterocycles. The van der Waals surface area contributed by atoms with Crippen LogP contribution in [0.3, 0.4) is 0 Å². The third-order valence-corrected chi connectivity index (χ3v) is 4.35. The van der Waals surface area contributed by atoms with Gasteiger partial charge in [0.25, 0.3) is 0 Å². The molecule has 1 aliphatic rings. The number of hydrogen-bond donors (Lipinski definition) is 0. The first kappa shape index (κ1) is 14.2. The topological polar surface area (TPSA) is 12.5 Å². The fourth-order valence-corrected chi connectivity index (χ4v) is 3.11. The molecule has 110 valence electrons. The number of likely N-dealkylation sites (tertiary alicyclic amines) is 1. The second-order valence-electron chi connectivity index (χ2n) is 5.99. The Morgan fingerprint density at radius 3 is 2.48 bits per heavy atom. The standard InChI is InChI=1S/C19H23NO/c1-15-8-6-7-11-18(15)21-19-12-13-20(2)14-17(19)16-9-4-3-5-10-16/h3-11,17,19H,12-14H2,1-2H3/t17-,19-/m1/s1. The third-order valence-electron chi connectivity index (χ3n) is 4.35. The Morgan fingerprint density at radius 2 is 1.71 bits per heavy atom. The quantitative estimate of drug-likeness (QED) is 0.847. The van der Waals surface area contributed by atoms with Crippen LogP contribution in [0.4, 0.5) is 0 Å². The van der Waals surface area contributed by atoms with Gasteiger partial charge in [0.05, 0.1) is 0 Å². The molecule has 21 heavy (non-hydrogen) atoms. The van der Waals surface area contributed by atoms with Gasteiger partial charge in [-0.3, -0.25) is 0 Å². The molecule has 2 aromatic rings. The zero-order valence-corrected chi connectivity index (χ0v) is 12.8. The normalized spacial score (nSPS) is 23.0. The highest BCUT2D eigenvalue weighted by Crippen LogP contribution is 2.31. The van der Waals surface area contributed by atoms with Crippen molar-refractivity contribution < 1.29 is 4.74 Å². The molecule has 2 atom stereocenters. The Balaban J connectivity index is 1.83. The van der Waals surface area contributed by atoms with E-state index in [2.05, 4.69) is 73.5 Å². The number of nitrogens with zero attached hydrogens (tertiary/aromatic N) is 1. The number of aryl methyl sites for hydroxylation is 1. The van der Waals surface area contributed by atoms with Crippen molar-refractivity contribution in [3.05, 3.63) is 65.7 Å². The number of likely N-dealkylation sites (N-methyl/N-ethyl adjacent to an activating group) is 1. The smallest absolute Gasteiger partial charge is 0.122 e. The lowest BCUT2D eigenvalue weighted by molar-refractivity contribution is 0.0896. The fourth-order valence-electron chi connectivity index (χ4n) is 3.11. The lowest BCUT2D eigenvalue weighted by Crippen LogP contribution is -2.42. The molecular formula is C19H23NO. The van der Waals surface area contributed by atoms with E-state index in [1.165, 1.54) is 11.1 Å². The van der Waals surface area contributed by atoms with Crippen LogP contribution in [-0.2, 0) is 0 Å². The molecule has 1 fully saturated rings. The van der Waals surface area contributed by atoms with Crippen molar-refractivity contribution >= 4 is 0 Å². The van der Waals surface area contributed by atoms with Gasteiger partial charge < -0.3 is 9.64 Å². The van der Waals surface area contributed by atoms with Gasteiger partial charge >= 0.3 is 0 Å². The van der Waals surface area contributed by atoms with E-state index in [9.17, 15) is 0 Å². The highest BCUT2D eigenvalue weighted by molar-refractivity contribution is 5.32. The van der Waals surface area contributed by atoms with Crippen LogP contribution in [0.2, 0.25) is 0 Å². The number of ether oxygens (including phenoxy) is 1. The third kappa shape index (κ3) is 3.27. The van der Waals surface area contributed by atoms with E-state index in [4.69, 9.17) is 4.74 Å². The van der Waals surface area contributed by atoms with Crippen molar-refractivity contribution in [2.24, 2.45) is 0 Å². The summed E-state index contributed by atoms with van der Waals surface area (Å²) in [6.45, 7) is 4.27. The Morgan fingerprint density at radius 1 is 1.00 bits per heavy atom. The Kier molecular flexibility index (Phi) is 4.26.